The van der Waals surface area contributed by atoms with Gasteiger partial charge in [0.15, 0.2) is 5.78 Å². The molecule has 0 saturated carbocycles. The number of nitro groups is 1. The molecule has 0 amide bonds. The molecule has 0 spiro atoms. The van der Waals surface area contributed by atoms with Gasteiger partial charge in [0.2, 0.25) is 0 Å². The number of hydrogen-bond acceptors (Lipinski definition) is 4. The van der Waals surface area contributed by atoms with Crippen LogP contribution in [0.3, 0.4) is 0 Å². The molecule has 0 radical (unpaired) electrons. The van der Waals surface area contributed by atoms with Crippen LogP contribution in [0.5, 0.6) is 0 Å². The van der Waals surface area contributed by atoms with Crippen LogP contribution in [0.4, 0.5) is 5.69 Å². The van der Waals surface area contributed by atoms with Crippen LogP contribution in [0.25, 0.3) is 11.8 Å². The number of nitro benzene ring substituents is 1. The van der Waals surface area contributed by atoms with E-state index in [4.69, 9.17) is 0 Å². The Kier molecular flexibility index (Phi) is 4.30. The predicted molar refractivity (Wildman–Crippen MR) is 93.7 cm³/mol. The summed E-state index contributed by atoms with van der Waals surface area (Å²) in [6.45, 7) is 1.84. The van der Waals surface area contributed by atoms with Crippen molar-refractivity contribution in [3.63, 3.8) is 0 Å². The Morgan fingerprint density at radius 3 is 2.56 bits per heavy atom. The summed E-state index contributed by atoms with van der Waals surface area (Å²) in [6, 6.07) is 9.95. The molecule has 1 aromatic carbocycles. The molecule has 0 saturated heterocycles. The van der Waals surface area contributed by atoms with Crippen LogP contribution in [0.15, 0.2) is 54.9 Å². The van der Waals surface area contributed by atoms with Gasteiger partial charge in [-0.25, -0.2) is 0 Å². The number of carbonyl (C=O) groups is 1. The normalized spacial score (nSPS) is 11.1. The van der Waals surface area contributed by atoms with Gasteiger partial charge in [0.05, 0.1) is 16.7 Å². The van der Waals surface area contributed by atoms with E-state index in [9.17, 15) is 14.9 Å². The average molecular weight is 336 g/mol. The van der Waals surface area contributed by atoms with Gasteiger partial charge in [0.25, 0.3) is 5.69 Å². The molecule has 0 aliphatic carbocycles. The number of aromatic nitrogens is 3. The van der Waals surface area contributed by atoms with Crippen LogP contribution in [0.2, 0.25) is 0 Å². The van der Waals surface area contributed by atoms with E-state index in [1.807, 2.05) is 29.8 Å². The van der Waals surface area contributed by atoms with Gasteiger partial charge >= 0.3 is 0 Å². The first kappa shape index (κ1) is 16.4. The summed E-state index contributed by atoms with van der Waals surface area (Å²) in [5.74, 6) is -0.123. The minimum atomic E-state index is -0.435. The van der Waals surface area contributed by atoms with Gasteiger partial charge < -0.3 is 4.57 Å². The maximum Gasteiger partial charge on any atom is 0.269 e. The second kappa shape index (κ2) is 6.56. The quantitative estimate of drug-likeness (QED) is 0.310. The Balaban J connectivity index is 1.85. The minimum absolute atomic E-state index is 0.0372. The third kappa shape index (κ3) is 3.25. The van der Waals surface area contributed by atoms with Crippen LogP contribution in [-0.4, -0.2) is 25.1 Å². The monoisotopic (exact) mass is 336 g/mol. The largest absolute Gasteiger partial charge is 0.317 e. The number of carbonyl (C=O) groups excluding carboxylic acids is 1. The smallest absolute Gasteiger partial charge is 0.269 e. The molecule has 0 N–H and O–H groups in total. The second-order valence-corrected chi connectivity index (χ2v) is 5.54. The van der Waals surface area contributed by atoms with Crippen LogP contribution < -0.4 is 0 Å². The molecule has 25 heavy (non-hydrogen) atoms. The topological polar surface area (TPSA) is 83.0 Å². The van der Waals surface area contributed by atoms with E-state index in [0.29, 0.717) is 5.56 Å². The van der Waals surface area contributed by atoms with Gasteiger partial charge in [0.1, 0.15) is 0 Å². The van der Waals surface area contributed by atoms with Gasteiger partial charge in [-0.2, -0.15) is 5.10 Å². The summed E-state index contributed by atoms with van der Waals surface area (Å²) in [5.41, 5.74) is 2.98. The molecule has 7 nitrogen and oxygen atoms in total. The molecule has 0 fully saturated rings. The van der Waals surface area contributed by atoms with E-state index in [1.54, 1.807) is 36.1 Å². The molecule has 0 aliphatic rings. The van der Waals surface area contributed by atoms with Crippen molar-refractivity contribution < 1.29 is 9.72 Å². The average Bonchev–Trinajstić information content (AvgIpc) is 3.20. The molecule has 3 aromatic rings. The highest BCUT2D eigenvalue weighted by Crippen LogP contribution is 2.18. The molecule has 0 bridgehead atoms. The first-order valence-corrected chi connectivity index (χ1v) is 7.60. The van der Waals surface area contributed by atoms with Crippen molar-refractivity contribution in [2.24, 2.45) is 7.05 Å². The lowest BCUT2D eigenvalue weighted by molar-refractivity contribution is -0.384. The Bertz CT molecular complexity index is 965. The van der Waals surface area contributed by atoms with E-state index in [2.05, 4.69) is 5.10 Å². The number of benzene rings is 1. The SMILES string of the molecule is Cc1c(C(=O)/C=C/c2cccn2-c2ccc([N+](=O)[O-])cc2)cnn1C. The number of nitrogens with zero attached hydrogens (tertiary/aromatic N) is 4. The van der Waals surface area contributed by atoms with Gasteiger partial charge in [-0.05, 0) is 43.3 Å². The highest BCUT2D eigenvalue weighted by atomic mass is 16.6. The van der Waals surface area contributed by atoms with E-state index in [-0.39, 0.29) is 11.5 Å². The third-order valence-electron chi connectivity index (χ3n) is 4.03. The van der Waals surface area contributed by atoms with Crippen LogP contribution >= 0.6 is 0 Å². The summed E-state index contributed by atoms with van der Waals surface area (Å²) in [7, 11) is 1.79. The fraction of sp³-hybridized carbons (Fsp3) is 0.111. The number of non-ortho nitro benzene ring substituents is 1. The van der Waals surface area contributed by atoms with Crippen molar-refractivity contribution >= 4 is 17.5 Å². The molecule has 2 aromatic heterocycles. The van der Waals surface area contributed by atoms with Crippen LogP contribution in [0.1, 0.15) is 21.7 Å². The summed E-state index contributed by atoms with van der Waals surface area (Å²) < 4.78 is 3.50. The molecule has 7 heteroatoms. The van der Waals surface area contributed by atoms with E-state index in [0.717, 1.165) is 17.1 Å². The Labute approximate surface area is 144 Å². The number of aryl methyl sites for hydroxylation is 1. The highest BCUT2D eigenvalue weighted by Gasteiger charge is 2.10. The van der Waals surface area contributed by atoms with Crippen LogP contribution in [-0.2, 0) is 7.05 Å². The molecular formula is C18H16N4O3. The summed E-state index contributed by atoms with van der Waals surface area (Å²) >= 11 is 0. The molecule has 2 heterocycles. The van der Waals surface area contributed by atoms with Gasteiger partial charge in [-0.3, -0.25) is 19.6 Å². The number of hydrogen-bond donors (Lipinski definition) is 0. The van der Waals surface area contributed by atoms with Crippen molar-refractivity contribution in [3.8, 4) is 5.69 Å². The fourth-order valence-corrected chi connectivity index (χ4v) is 2.49. The van der Waals surface area contributed by atoms with E-state index >= 15 is 0 Å². The third-order valence-corrected chi connectivity index (χ3v) is 4.03. The lowest BCUT2D eigenvalue weighted by Crippen LogP contribution is -1.99. The molecule has 0 atom stereocenters. The second-order valence-electron chi connectivity index (χ2n) is 5.54. The van der Waals surface area contributed by atoms with Crippen molar-refractivity contribution in [1.82, 2.24) is 14.3 Å². The van der Waals surface area contributed by atoms with Gasteiger partial charge in [0, 0.05) is 42.5 Å². The lowest BCUT2D eigenvalue weighted by atomic mass is 10.1. The maximum atomic E-state index is 12.3. The van der Waals surface area contributed by atoms with E-state index < -0.39 is 4.92 Å². The zero-order valence-electron chi connectivity index (χ0n) is 13.8. The molecular weight excluding hydrogens is 320 g/mol. The Hall–Kier alpha value is -3.48. The maximum absolute atomic E-state index is 12.3. The number of rotatable bonds is 5. The highest BCUT2D eigenvalue weighted by molar-refractivity contribution is 6.07. The Morgan fingerprint density at radius 1 is 1.24 bits per heavy atom. The van der Waals surface area contributed by atoms with Crippen LogP contribution in [0, 0.1) is 17.0 Å². The van der Waals surface area contributed by atoms with Crippen molar-refractivity contribution in [3.05, 3.63) is 81.9 Å². The lowest BCUT2D eigenvalue weighted by Gasteiger charge is -2.06. The zero-order valence-corrected chi connectivity index (χ0v) is 13.8. The predicted octanol–water partition coefficient (Wildman–Crippen LogP) is 3.32. The molecule has 3 rings (SSSR count). The van der Waals surface area contributed by atoms with E-state index in [1.165, 1.54) is 18.2 Å². The summed E-state index contributed by atoms with van der Waals surface area (Å²) in [4.78, 5) is 22.6. The summed E-state index contributed by atoms with van der Waals surface area (Å²) in [6.07, 6.45) is 6.61. The first-order chi connectivity index (χ1) is 12.0. The number of allylic oxidation sites excluding steroid dienone is 1. The molecule has 0 aliphatic heterocycles. The molecule has 126 valence electrons. The van der Waals surface area contributed by atoms with Crippen molar-refractivity contribution in [2.45, 2.75) is 6.92 Å². The summed E-state index contributed by atoms with van der Waals surface area (Å²) in [5, 5.41) is 14.8. The van der Waals surface area contributed by atoms with Crippen molar-refractivity contribution in [2.75, 3.05) is 0 Å². The fourth-order valence-electron chi connectivity index (χ4n) is 2.49. The van der Waals surface area contributed by atoms with Crippen molar-refractivity contribution in [1.29, 1.82) is 0 Å². The Morgan fingerprint density at radius 2 is 1.96 bits per heavy atom. The number of ketones is 1. The molecule has 0 unspecified atom stereocenters. The standard InChI is InChI=1S/C18H16N4O3/c1-13-17(12-19-20(13)2)18(23)10-9-14-4-3-11-21(14)15-5-7-16(8-6-15)22(24)25/h3-12H,1-2H3/b10-9+. The minimum Gasteiger partial charge on any atom is -0.317 e. The zero-order chi connectivity index (χ0) is 18.0. The van der Waals surface area contributed by atoms with Gasteiger partial charge in [-0.15, -0.1) is 0 Å². The van der Waals surface area contributed by atoms with Gasteiger partial charge in [-0.1, -0.05) is 0 Å². The first-order valence-electron chi connectivity index (χ1n) is 7.60.